The fourth-order valence-corrected chi connectivity index (χ4v) is 2.37. The van der Waals surface area contributed by atoms with E-state index < -0.39 is 4.33 Å². The number of benzene rings is 1. The molecule has 0 N–H and O–H groups in total. The Morgan fingerprint density at radius 1 is 1.29 bits per heavy atom. The second-order valence-corrected chi connectivity index (χ2v) is 5.12. The molecule has 0 amide bonds. The predicted molar refractivity (Wildman–Crippen MR) is 57.9 cm³/mol. The highest BCUT2D eigenvalue weighted by molar-refractivity contribution is 6.53. The minimum absolute atomic E-state index is 0.0445. The first kappa shape index (κ1) is 10.0. The van der Waals surface area contributed by atoms with Crippen LogP contribution in [0.15, 0.2) is 30.3 Å². The van der Waals surface area contributed by atoms with Crippen LogP contribution >= 0.6 is 23.2 Å². The van der Waals surface area contributed by atoms with Gasteiger partial charge in [0.05, 0.1) is 5.92 Å². The number of carbonyl (C=O) groups excluding carboxylic acids is 1. The number of ketones is 1. The number of hydrogen-bond donors (Lipinski definition) is 0. The Morgan fingerprint density at radius 3 is 2.21 bits per heavy atom. The van der Waals surface area contributed by atoms with Gasteiger partial charge in [-0.1, -0.05) is 37.3 Å². The number of halogens is 2. The summed E-state index contributed by atoms with van der Waals surface area (Å²) in [6.07, 6.45) is 0. The van der Waals surface area contributed by atoms with Crippen molar-refractivity contribution in [2.45, 2.75) is 11.3 Å². The van der Waals surface area contributed by atoms with Gasteiger partial charge in [0.15, 0.2) is 5.78 Å². The topological polar surface area (TPSA) is 17.1 Å². The average molecular weight is 229 g/mol. The number of alkyl halides is 2. The van der Waals surface area contributed by atoms with Gasteiger partial charge < -0.3 is 0 Å². The minimum atomic E-state index is -0.854. The third kappa shape index (κ3) is 1.45. The molecule has 2 unspecified atom stereocenters. The van der Waals surface area contributed by atoms with Crippen molar-refractivity contribution in [1.82, 2.24) is 0 Å². The zero-order chi connectivity index (χ0) is 10.3. The summed E-state index contributed by atoms with van der Waals surface area (Å²) in [5.41, 5.74) is 0.688. The summed E-state index contributed by atoms with van der Waals surface area (Å²) in [7, 11) is 0. The van der Waals surface area contributed by atoms with Crippen LogP contribution in [-0.2, 0) is 0 Å². The van der Waals surface area contributed by atoms with E-state index >= 15 is 0 Å². The molecule has 0 spiro atoms. The van der Waals surface area contributed by atoms with Crippen LogP contribution in [0.2, 0.25) is 0 Å². The van der Waals surface area contributed by atoms with E-state index in [1.807, 2.05) is 25.1 Å². The van der Waals surface area contributed by atoms with E-state index in [0.717, 1.165) is 0 Å². The molecule has 0 saturated heterocycles. The average Bonchev–Trinajstić information content (AvgIpc) is 2.67. The molecule has 1 aliphatic carbocycles. The summed E-state index contributed by atoms with van der Waals surface area (Å²) in [6.45, 7) is 1.89. The van der Waals surface area contributed by atoms with Crippen LogP contribution in [0.4, 0.5) is 0 Å². The molecule has 0 aromatic heterocycles. The van der Waals surface area contributed by atoms with Gasteiger partial charge in [-0.3, -0.25) is 4.79 Å². The van der Waals surface area contributed by atoms with Crippen molar-refractivity contribution in [2.75, 3.05) is 0 Å². The molecule has 3 heteroatoms. The van der Waals surface area contributed by atoms with Crippen molar-refractivity contribution in [3.05, 3.63) is 35.9 Å². The molecule has 14 heavy (non-hydrogen) atoms. The molecule has 2 rings (SSSR count). The standard InChI is InChI=1S/C11H10Cl2O/c1-7-9(11(7,12)13)10(14)8-5-3-2-4-6-8/h2-7,9H,1H3. The van der Waals surface area contributed by atoms with Gasteiger partial charge in [0.25, 0.3) is 0 Å². The normalized spacial score (nSPS) is 28.5. The van der Waals surface area contributed by atoms with Crippen molar-refractivity contribution < 1.29 is 4.79 Å². The molecule has 1 nitrogen and oxygen atoms in total. The Bertz CT molecular complexity index is 359. The molecular formula is C11H10Cl2O. The van der Waals surface area contributed by atoms with E-state index in [9.17, 15) is 4.79 Å². The first-order valence-electron chi connectivity index (χ1n) is 4.52. The van der Waals surface area contributed by atoms with Gasteiger partial charge in [0, 0.05) is 11.5 Å². The molecule has 0 radical (unpaired) electrons. The number of Topliss-reactive ketones (excluding diaryl/α,β-unsaturated/α-hetero) is 1. The molecule has 1 aliphatic rings. The Hall–Kier alpha value is -0.530. The van der Waals surface area contributed by atoms with Crippen molar-refractivity contribution in [1.29, 1.82) is 0 Å². The Morgan fingerprint density at radius 2 is 1.79 bits per heavy atom. The van der Waals surface area contributed by atoms with E-state index in [-0.39, 0.29) is 17.6 Å². The largest absolute Gasteiger partial charge is 0.294 e. The summed E-state index contributed by atoms with van der Waals surface area (Å²) in [5.74, 6) is -0.144. The van der Waals surface area contributed by atoms with Crippen molar-refractivity contribution in [3.63, 3.8) is 0 Å². The van der Waals surface area contributed by atoms with Gasteiger partial charge in [-0.15, -0.1) is 23.2 Å². The number of rotatable bonds is 2. The summed E-state index contributed by atoms with van der Waals surface area (Å²) in [4.78, 5) is 11.9. The Kier molecular flexibility index (Phi) is 2.32. The predicted octanol–water partition coefficient (Wildman–Crippen LogP) is 3.31. The van der Waals surface area contributed by atoms with Crippen LogP contribution in [0.3, 0.4) is 0 Å². The maximum absolute atomic E-state index is 11.9. The van der Waals surface area contributed by atoms with Gasteiger partial charge in [-0.25, -0.2) is 0 Å². The molecule has 0 bridgehead atoms. The molecule has 1 aromatic carbocycles. The fraction of sp³-hybridized carbons (Fsp3) is 0.364. The summed E-state index contributed by atoms with van der Waals surface area (Å²) in [6, 6.07) is 9.13. The highest BCUT2D eigenvalue weighted by atomic mass is 35.5. The molecule has 1 saturated carbocycles. The maximum atomic E-state index is 11.9. The van der Waals surface area contributed by atoms with Gasteiger partial charge in [0.2, 0.25) is 0 Å². The van der Waals surface area contributed by atoms with Crippen molar-refractivity contribution >= 4 is 29.0 Å². The number of hydrogen-bond acceptors (Lipinski definition) is 1. The third-order valence-electron chi connectivity index (χ3n) is 2.75. The van der Waals surface area contributed by atoms with E-state index in [2.05, 4.69) is 0 Å². The third-order valence-corrected chi connectivity index (χ3v) is 3.91. The summed E-state index contributed by atoms with van der Waals surface area (Å²) < 4.78 is -0.854. The molecule has 1 fully saturated rings. The Labute approximate surface area is 93.0 Å². The van der Waals surface area contributed by atoms with Crippen molar-refractivity contribution in [2.24, 2.45) is 11.8 Å². The van der Waals surface area contributed by atoms with Crippen LogP contribution in [0.25, 0.3) is 0 Å². The van der Waals surface area contributed by atoms with Gasteiger partial charge in [-0.2, -0.15) is 0 Å². The molecular weight excluding hydrogens is 219 g/mol. The van der Waals surface area contributed by atoms with Crippen LogP contribution < -0.4 is 0 Å². The highest BCUT2D eigenvalue weighted by Crippen LogP contribution is 2.59. The van der Waals surface area contributed by atoms with Crippen LogP contribution in [0.5, 0.6) is 0 Å². The first-order chi connectivity index (χ1) is 6.55. The number of carbonyl (C=O) groups is 1. The van der Waals surface area contributed by atoms with Gasteiger partial charge in [-0.05, 0) is 0 Å². The zero-order valence-electron chi connectivity index (χ0n) is 7.71. The van der Waals surface area contributed by atoms with E-state index in [1.165, 1.54) is 0 Å². The lowest BCUT2D eigenvalue weighted by Gasteiger charge is -1.99. The van der Waals surface area contributed by atoms with Crippen LogP contribution in [-0.4, -0.2) is 10.1 Å². The quantitative estimate of drug-likeness (QED) is 0.561. The first-order valence-corrected chi connectivity index (χ1v) is 5.28. The highest BCUT2D eigenvalue weighted by Gasteiger charge is 2.64. The summed E-state index contributed by atoms with van der Waals surface area (Å²) in [5, 5.41) is 0. The molecule has 1 aromatic rings. The Balaban J connectivity index is 2.20. The SMILES string of the molecule is CC1C(C(=O)c2ccccc2)C1(Cl)Cl. The zero-order valence-corrected chi connectivity index (χ0v) is 9.22. The van der Waals surface area contributed by atoms with Crippen LogP contribution in [0, 0.1) is 11.8 Å². The van der Waals surface area contributed by atoms with Gasteiger partial charge >= 0.3 is 0 Å². The van der Waals surface area contributed by atoms with E-state index in [4.69, 9.17) is 23.2 Å². The molecule has 74 valence electrons. The minimum Gasteiger partial charge on any atom is -0.294 e. The smallest absolute Gasteiger partial charge is 0.169 e. The lowest BCUT2D eigenvalue weighted by molar-refractivity contribution is 0.0961. The monoisotopic (exact) mass is 228 g/mol. The lowest BCUT2D eigenvalue weighted by atomic mass is 10.1. The lowest BCUT2D eigenvalue weighted by Crippen LogP contribution is -2.06. The molecule has 0 heterocycles. The molecule has 0 aliphatic heterocycles. The molecule has 2 atom stereocenters. The van der Waals surface area contributed by atoms with Crippen molar-refractivity contribution in [3.8, 4) is 0 Å². The maximum Gasteiger partial charge on any atom is 0.169 e. The van der Waals surface area contributed by atoms with E-state index in [0.29, 0.717) is 5.56 Å². The second-order valence-electron chi connectivity index (χ2n) is 3.67. The van der Waals surface area contributed by atoms with E-state index in [1.54, 1.807) is 12.1 Å². The second kappa shape index (κ2) is 3.25. The fourth-order valence-electron chi connectivity index (χ4n) is 1.66. The van der Waals surface area contributed by atoms with Crippen LogP contribution in [0.1, 0.15) is 17.3 Å². The summed E-state index contributed by atoms with van der Waals surface area (Å²) >= 11 is 11.9. The van der Waals surface area contributed by atoms with Gasteiger partial charge in [0.1, 0.15) is 4.33 Å².